The first-order valence-corrected chi connectivity index (χ1v) is 8.02. The minimum atomic E-state index is -0.339. The highest BCUT2D eigenvalue weighted by Gasteiger charge is 2.19. The van der Waals surface area contributed by atoms with Crippen molar-refractivity contribution in [1.29, 1.82) is 0 Å². The third-order valence-electron chi connectivity index (χ3n) is 3.89. The topological polar surface area (TPSA) is 94.0 Å². The van der Waals surface area contributed by atoms with E-state index in [1.54, 1.807) is 25.1 Å². The van der Waals surface area contributed by atoms with Gasteiger partial charge in [-0.25, -0.2) is 9.37 Å². The Kier molecular flexibility index (Phi) is 6.28. The highest BCUT2D eigenvalue weighted by molar-refractivity contribution is 6.06. The number of rotatable bonds is 5. The van der Waals surface area contributed by atoms with Crippen LogP contribution in [0.4, 0.5) is 4.39 Å². The molecule has 3 N–H and O–H groups in total. The minimum absolute atomic E-state index is 0. The number of nitrogens with one attached hydrogen (secondary N) is 1. The molecule has 26 heavy (non-hydrogen) atoms. The molecule has 1 amide bonds. The van der Waals surface area contributed by atoms with Gasteiger partial charge in [-0.2, -0.15) is 0 Å². The van der Waals surface area contributed by atoms with Crippen LogP contribution in [0.1, 0.15) is 29.4 Å². The Balaban J connectivity index is 0.00000243. The van der Waals surface area contributed by atoms with E-state index in [1.165, 1.54) is 12.1 Å². The van der Waals surface area contributed by atoms with Gasteiger partial charge in [0.25, 0.3) is 11.6 Å². The fraction of sp³-hybridized carbons (Fsp3) is 0.278. The number of carbonyl (C=O) groups is 1. The monoisotopic (exact) mass is 378 g/mol. The summed E-state index contributed by atoms with van der Waals surface area (Å²) >= 11 is 0. The van der Waals surface area contributed by atoms with Crippen molar-refractivity contribution < 1.29 is 13.7 Å². The van der Waals surface area contributed by atoms with Crippen LogP contribution in [0, 0.1) is 12.7 Å². The molecule has 1 aromatic carbocycles. The van der Waals surface area contributed by atoms with Crippen molar-refractivity contribution in [3.8, 4) is 11.3 Å². The number of nitrogens with two attached hydrogens (primary N) is 1. The molecule has 0 fully saturated rings. The lowest BCUT2D eigenvalue weighted by molar-refractivity contribution is 0.0954. The molecular weight excluding hydrogens is 359 g/mol. The lowest BCUT2D eigenvalue weighted by atomic mass is 10.0. The van der Waals surface area contributed by atoms with Crippen LogP contribution >= 0.6 is 12.4 Å². The predicted molar refractivity (Wildman–Crippen MR) is 99.8 cm³/mol. The van der Waals surface area contributed by atoms with E-state index in [2.05, 4.69) is 15.5 Å². The van der Waals surface area contributed by atoms with Crippen molar-refractivity contribution in [3.05, 3.63) is 47.4 Å². The Hall–Kier alpha value is -2.51. The Morgan fingerprint density at radius 1 is 1.35 bits per heavy atom. The van der Waals surface area contributed by atoms with Gasteiger partial charge in [-0.05, 0) is 50.6 Å². The highest BCUT2D eigenvalue weighted by atomic mass is 35.5. The number of hydrogen-bond donors (Lipinski definition) is 2. The highest BCUT2D eigenvalue weighted by Crippen LogP contribution is 2.27. The van der Waals surface area contributed by atoms with Crippen molar-refractivity contribution >= 4 is 29.4 Å². The summed E-state index contributed by atoms with van der Waals surface area (Å²) in [5.41, 5.74) is 8.19. The van der Waals surface area contributed by atoms with E-state index in [-0.39, 0.29) is 35.9 Å². The largest absolute Gasteiger partial charge is 0.352 e. The number of aromatic nitrogens is 2. The molecule has 3 aromatic rings. The zero-order valence-electron chi connectivity index (χ0n) is 14.5. The number of amides is 1. The summed E-state index contributed by atoms with van der Waals surface area (Å²) < 4.78 is 18.4. The fourth-order valence-corrected chi connectivity index (χ4v) is 2.55. The van der Waals surface area contributed by atoms with Gasteiger partial charge in [-0.15, -0.1) is 12.4 Å². The maximum Gasteiger partial charge on any atom is 0.259 e. The standard InChI is InChI=1S/C18H19FN4O2.ClH/c1-10(20)7-8-21-17(24)14-9-15(12-3-5-13(19)6-4-12)22-18-16(14)11(2)23-25-18;/h3-6,9-10H,7-8,20H2,1-2H3,(H,21,24);1H. The van der Waals surface area contributed by atoms with E-state index in [0.717, 1.165) is 0 Å². The molecule has 138 valence electrons. The fourth-order valence-electron chi connectivity index (χ4n) is 2.55. The van der Waals surface area contributed by atoms with Gasteiger partial charge in [0, 0.05) is 18.2 Å². The molecule has 1 atom stereocenters. The summed E-state index contributed by atoms with van der Waals surface area (Å²) in [6.45, 7) is 4.11. The third-order valence-corrected chi connectivity index (χ3v) is 3.89. The molecule has 0 aliphatic carbocycles. The molecule has 0 saturated heterocycles. The summed E-state index contributed by atoms with van der Waals surface area (Å²) in [7, 11) is 0. The maximum atomic E-state index is 13.1. The smallest absolute Gasteiger partial charge is 0.259 e. The van der Waals surface area contributed by atoms with Crippen LogP contribution in [0.25, 0.3) is 22.4 Å². The summed E-state index contributed by atoms with van der Waals surface area (Å²) in [6.07, 6.45) is 0.674. The number of hydrogen-bond acceptors (Lipinski definition) is 5. The van der Waals surface area contributed by atoms with Crippen molar-refractivity contribution in [2.45, 2.75) is 26.3 Å². The molecule has 0 bridgehead atoms. The molecule has 0 aliphatic rings. The third kappa shape index (κ3) is 4.17. The first kappa shape index (κ1) is 19.8. The van der Waals surface area contributed by atoms with Crippen LogP contribution in [0.3, 0.4) is 0 Å². The van der Waals surface area contributed by atoms with E-state index in [9.17, 15) is 9.18 Å². The van der Waals surface area contributed by atoms with Gasteiger partial charge in [0.1, 0.15) is 5.82 Å². The zero-order valence-corrected chi connectivity index (χ0v) is 15.3. The summed E-state index contributed by atoms with van der Waals surface area (Å²) in [5.74, 6) is -0.586. The lowest BCUT2D eigenvalue weighted by Gasteiger charge is -2.09. The number of aryl methyl sites for hydroxylation is 1. The SMILES string of the molecule is Cc1noc2nc(-c3ccc(F)cc3)cc(C(=O)NCCC(C)N)c12.Cl. The summed E-state index contributed by atoms with van der Waals surface area (Å²) in [4.78, 5) is 17.0. The molecular formula is C18H20ClFN4O2. The maximum absolute atomic E-state index is 13.1. The van der Waals surface area contributed by atoms with Crippen LogP contribution in [-0.4, -0.2) is 28.6 Å². The molecule has 8 heteroatoms. The Labute approximate surface area is 156 Å². The van der Waals surface area contributed by atoms with Crippen LogP contribution in [0.15, 0.2) is 34.9 Å². The second kappa shape index (κ2) is 8.25. The predicted octanol–water partition coefficient (Wildman–Crippen LogP) is 3.23. The number of fused-ring (bicyclic) bond motifs is 1. The summed E-state index contributed by atoms with van der Waals surface area (Å²) in [6, 6.07) is 7.56. The van der Waals surface area contributed by atoms with Crippen molar-refractivity contribution in [2.75, 3.05) is 6.54 Å². The second-order valence-electron chi connectivity index (χ2n) is 6.03. The quantitative estimate of drug-likeness (QED) is 0.710. The van der Waals surface area contributed by atoms with Crippen molar-refractivity contribution in [3.63, 3.8) is 0 Å². The Morgan fingerprint density at radius 2 is 2.04 bits per heavy atom. The van der Waals surface area contributed by atoms with E-state index >= 15 is 0 Å². The molecule has 2 heterocycles. The van der Waals surface area contributed by atoms with Gasteiger partial charge in [-0.1, -0.05) is 5.16 Å². The lowest BCUT2D eigenvalue weighted by Crippen LogP contribution is -2.29. The zero-order chi connectivity index (χ0) is 18.0. The van der Waals surface area contributed by atoms with Crippen molar-refractivity contribution in [1.82, 2.24) is 15.5 Å². The van der Waals surface area contributed by atoms with Gasteiger partial charge < -0.3 is 15.6 Å². The van der Waals surface area contributed by atoms with Gasteiger partial charge in [-0.3, -0.25) is 4.79 Å². The Bertz CT molecular complexity index is 909. The molecule has 3 rings (SSSR count). The van der Waals surface area contributed by atoms with E-state index in [0.29, 0.717) is 40.9 Å². The number of carbonyl (C=O) groups excluding carboxylic acids is 1. The molecule has 1 unspecified atom stereocenters. The van der Waals surface area contributed by atoms with Crippen LogP contribution in [-0.2, 0) is 0 Å². The first-order valence-electron chi connectivity index (χ1n) is 8.02. The molecule has 0 radical (unpaired) electrons. The molecule has 0 saturated carbocycles. The molecule has 0 spiro atoms. The number of halogens is 2. The van der Waals surface area contributed by atoms with E-state index in [4.69, 9.17) is 10.3 Å². The van der Waals surface area contributed by atoms with E-state index < -0.39 is 0 Å². The van der Waals surface area contributed by atoms with Crippen molar-refractivity contribution in [2.24, 2.45) is 5.73 Å². The van der Waals surface area contributed by atoms with Gasteiger partial charge in [0.05, 0.1) is 22.3 Å². The average molecular weight is 379 g/mol. The van der Waals surface area contributed by atoms with Gasteiger partial charge in [0.15, 0.2) is 0 Å². The molecule has 2 aromatic heterocycles. The van der Waals surface area contributed by atoms with Crippen LogP contribution in [0.5, 0.6) is 0 Å². The minimum Gasteiger partial charge on any atom is -0.352 e. The van der Waals surface area contributed by atoms with Gasteiger partial charge in [0.2, 0.25) is 0 Å². The van der Waals surface area contributed by atoms with Crippen LogP contribution < -0.4 is 11.1 Å². The molecule has 6 nitrogen and oxygen atoms in total. The number of benzene rings is 1. The number of nitrogens with zero attached hydrogens (tertiary/aromatic N) is 2. The van der Waals surface area contributed by atoms with Gasteiger partial charge >= 0.3 is 0 Å². The van der Waals surface area contributed by atoms with E-state index in [1.807, 2.05) is 6.92 Å². The number of pyridine rings is 1. The normalized spacial score (nSPS) is 11.8. The van der Waals surface area contributed by atoms with Crippen LogP contribution in [0.2, 0.25) is 0 Å². The average Bonchev–Trinajstić information content (AvgIpc) is 2.95. The summed E-state index contributed by atoms with van der Waals surface area (Å²) in [5, 5.41) is 7.32. The molecule has 0 aliphatic heterocycles. The second-order valence-corrected chi connectivity index (χ2v) is 6.03. The Morgan fingerprint density at radius 3 is 2.69 bits per heavy atom. The first-order chi connectivity index (χ1) is 12.0.